The summed E-state index contributed by atoms with van der Waals surface area (Å²) in [6, 6.07) is 0. The van der Waals surface area contributed by atoms with Gasteiger partial charge < -0.3 is 10.0 Å². The van der Waals surface area contributed by atoms with Crippen LogP contribution in [-0.4, -0.2) is 17.2 Å². The van der Waals surface area contributed by atoms with Crippen molar-refractivity contribution in [1.82, 2.24) is 0 Å². The fourth-order valence-corrected chi connectivity index (χ4v) is 2.65. The summed E-state index contributed by atoms with van der Waals surface area (Å²) in [6.07, 6.45) is 6.36. The van der Waals surface area contributed by atoms with Crippen molar-refractivity contribution in [1.29, 1.82) is 0 Å². The Kier molecular flexibility index (Phi) is 2.08. The normalized spacial score (nSPS) is 42.0. The van der Waals surface area contributed by atoms with Crippen molar-refractivity contribution in [2.24, 2.45) is 17.8 Å². The molecule has 0 spiro atoms. The summed E-state index contributed by atoms with van der Waals surface area (Å²) in [5.74, 6) is 1.27. The molecule has 70 valence electrons. The predicted molar refractivity (Wildman–Crippen MR) is 53.0 cm³/mol. The zero-order chi connectivity index (χ0) is 9.59. The minimum absolute atomic E-state index is 0.0173. The van der Waals surface area contributed by atoms with E-state index in [2.05, 4.69) is 32.1 Å². The molecular formula is C10H15BO2. The minimum atomic E-state index is -1.17. The van der Waals surface area contributed by atoms with Crippen molar-refractivity contribution in [2.75, 3.05) is 0 Å². The lowest BCUT2D eigenvalue weighted by Crippen LogP contribution is -2.46. The molecule has 4 atom stereocenters. The second kappa shape index (κ2) is 3.00. The molecule has 3 aliphatic carbocycles. The van der Waals surface area contributed by atoms with Gasteiger partial charge in [0.1, 0.15) is 0 Å². The molecule has 0 aromatic carbocycles. The van der Waals surface area contributed by atoms with Crippen LogP contribution in [-0.2, 0) is 0 Å². The van der Waals surface area contributed by atoms with Gasteiger partial charge >= 0.3 is 7.12 Å². The third-order valence-corrected chi connectivity index (χ3v) is 3.48. The Morgan fingerprint density at radius 1 is 1.31 bits per heavy atom. The smallest absolute Gasteiger partial charge is 0.427 e. The third-order valence-electron chi connectivity index (χ3n) is 3.48. The van der Waals surface area contributed by atoms with Gasteiger partial charge in [-0.2, -0.15) is 0 Å². The number of hydrogen-bond donors (Lipinski definition) is 2. The van der Waals surface area contributed by atoms with Crippen LogP contribution in [0.5, 0.6) is 0 Å². The largest absolute Gasteiger partial charge is 0.455 e. The number of hydrogen-bond acceptors (Lipinski definition) is 2. The molecule has 0 radical (unpaired) electrons. The highest BCUT2D eigenvalue weighted by atomic mass is 16.4. The van der Waals surface area contributed by atoms with E-state index < -0.39 is 7.12 Å². The van der Waals surface area contributed by atoms with Crippen LogP contribution in [0.3, 0.4) is 0 Å². The highest BCUT2D eigenvalue weighted by Crippen LogP contribution is 2.54. The van der Waals surface area contributed by atoms with Gasteiger partial charge in [-0.05, 0) is 24.7 Å². The van der Waals surface area contributed by atoms with Crippen LogP contribution >= 0.6 is 0 Å². The van der Waals surface area contributed by atoms with E-state index in [1.807, 2.05) is 0 Å². The summed E-state index contributed by atoms with van der Waals surface area (Å²) in [7, 11) is -1.17. The monoisotopic (exact) mass is 178 g/mol. The van der Waals surface area contributed by atoms with Crippen LogP contribution in [0.2, 0.25) is 5.82 Å². The Labute approximate surface area is 79.1 Å². The van der Waals surface area contributed by atoms with E-state index in [-0.39, 0.29) is 5.82 Å². The molecule has 13 heavy (non-hydrogen) atoms. The Morgan fingerprint density at radius 2 is 2.00 bits per heavy atom. The van der Waals surface area contributed by atoms with Gasteiger partial charge in [0.25, 0.3) is 0 Å². The van der Waals surface area contributed by atoms with Crippen LogP contribution in [0.25, 0.3) is 0 Å². The van der Waals surface area contributed by atoms with Crippen molar-refractivity contribution in [3.63, 3.8) is 0 Å². The molecular weight excluding hydrogens is 163 g/mol. The molecule has 0 aromatic heterocycles. The van der Waals surface area contributed by atoms with Crippen molar-refractivity contribution in [3.05, 3.63) is 23.8 Å². The molecule has 4 unspecified atom stereocenters. The fourth-order valence-electron chi connectivity index (χ4n) is 2.65. The lowest BCUT2D eigenvalue weighted by molar-refractivity contribution is 0.141. The first kappa shape index (κ1) is 9.04. The first-order valence-electron chi connectivity index (χ1n) is 4.84. The molecule has 0 heterocycles. The minimum Gasteiger partial charge on any atom is -0.427 e. The summed E-state index contributed by atoms with van der Waals surface area (Å²) < 4.78 is 0. The molecule has 0 aromatic rings. The van der Waals surface area contributed by atoms with Crippen LogP contribution in [0, 0.1) is 17.8 Å². The number of fused-ring (bicyclic) bond motifs is 1. The lowest BCUT2D eigenvalue weighted by atomic mass is 9.45. The molecule has 2 nitrogen and oxygen atoms in total. The van der Waals surface area contributed by atoms with Crippen molar-refractivity contribution < 1.29 is 10.0 Å². The molecule has 0 amide bonds. The average molecular weight is 178 g/mol. The average Bonchev–Trinajstić information content (AvgIpc) is 2.30. The maximum atomic E-state index is 9.20. The van der Waals surface area contributed by atoms with Crippen LogP contribution in [0.4, 0.5) is 0 Å². The maximum absolute atomic E-state index is 9.20. The van der Waals surface area contributed by atoms with E-state index >= 15 is 0 Å². The van der Waals surface area contributed by atoms with Crippen LogP contribution < -0.4 is 0 Å². The van der Waals surface area contributed by atoms with Gasteiger partial charge in [-0.25, -0.2) is 0 Å². The van der Waals surface area contributed by atoms with Gasteiger partial charge in [-0.3, -0.25) is 0 Å². The van der Waals surface area contributed by atoms with E-state index in [0.29, 0.717) is 17.8 Å². The molecule has 2 N–H and O–H groups in total. The molecule has 2 bridgehead atoms. The highest BCUT2D eigenvalue weighted by Gasteiger charge is 2.51. The molecule has 0 aliphatic heterocycles. The quantitative estimate of drug-likeness (QED) is 0.592. The Bertz CT molecular complexity index is 270. The Hall–Kier alpha value is -0.535. The van der Waals surface area contributed by atoms with E-state index in [1.165, 1.54) is 5.57 Å². The first-order valence-corrected chi connectivity index (χ1v) is 4.84. The number of allylic oxidation sites excluding steroid dienone is 4. The molecule has 3 heteroatoms. The standard InChI is InChI=1S/C10H15BO2/c1-6-3-4-8-7(2)9(5-6)10(8)11(12)13/h3-5,7-10,12-13H,1-2H3. The Balaban J connectivity index is 2.26. The van der Waals surface area contributed by atoms with Gasteiger partial charge in [-0.1, -0.05) is 30.7 Å². The fraction of sp³-hybridized carbons (Fsp3) is 0.600. The maximum Gasteiger partial charge on any atom is 0.455 e. The zero-order valence-electron chi connectivity index (χ0n) is 8.01. The van der Waals surface area contributed by atoms with E-state index in [1.54, 1.807) is 0 Å². The summed E-state index contributed by atoms with van der Waals surface area (Å²) in [5.41, 5.74) is 1.24. The van der Waals surface area contributed by atoms with Gasteiger partial charge in [-0.15, -0.1) is 0 Å². The zero-order valence-corrected chi connectivity index (χ0v) is 8.01. The van der Waals surface area contributed by atoms with Gasteiger partial charge in [0, 0.05) is 5.82 Å². The van der Waals surface area contributed by atoms with Crippen molar-refractivity contribution >= 4 is 7.12 Å². The van der Waals surface area contributed by atoms with E-state index in [4.69, 9.17) is 0 Å². The summed E-state index contributed by atoms with van der Waals surface area (Å²) in [5, 5.41) is 18.4. The molecule has 1 fully saturated rings. The highest BCUT2D eigenvalue weighted by molar-refractivity contribution is 6.44. The second-order valence-corrected chi connectivity index (χ2v) is 4.27. The molecule has 0 saturated heterocycles. The molecule has 3 rings (SSSR count). The Morgan fingerprint density at radius 3 is 2.62 bits per heavy atom. The topological polar surface area (TPSA) is 40.5 Å². The predicted octanol–water partition coefficient (Wildman–Crippen LogP) is 1.23. The van der Waals surface area contributed by atoms with E-state index in [9.17, 15) is 10.0 Å². The number of rotatable bonds is 1. The van der Waals surface area contributed by atoms with Crippen molar-refractivity contribution in [2.45, 2.75) is 19.7 Å². The first-order chi connectivity index (χ1) is 6.11. The SMILES string of the molecule is CC1=CC2C(C)C(C=C1)C2B(O)O. The summed E-state index contributed by atoms with van der Waals surface area (Å²) >= 11 is 0. The van der Waals surface area contributed by atoms with Gasteiger partial charge in [0.2, 0.25) is 0 Å². The van der Waals surface area contributed by atoms with Crippen LogP contribution in [0.1, 0.15) is 13.8 Å². The summed E-state index contributed by atoms with van der Waals surface area (Å²) in [6.45, 7) is 4.23. The molecule has 1 saturated carbocycles. The lowest BCUT2D eigenvalue weighted by Gasteiger charge is -2.47. The van der Waals surface area contributed by atoms with E-state index in [0.717, 1.165) is 0 Å². The second-order valence-electron chi connectivity index (χ2n) is 4.27. The molecule has 3 aliphatic rings. The third kappa shape index (κ3) is 1.27. The summed E-state index contributed by atoms with van der Waals surface area (Å²) in [4.78, 5) is 0. The van der Waals surface area contributed by atoms with Crippen LogP contribution in [0.15, 0.2) is 23.8 Å². The van der Waals surface area contributed by atoms with Crippen molar-refractivity contribution in [3.8, 4) is 0 Å². The van der Waals surface area contributed by atoms with Gasteiger partial charge in [0.05, 0.1) is 0 Å². The van der Waals surface area contributed by atoms with Gasteiger partial charge in [0.15, 0.2) is 0 Å².